The first-order valence-corrected chi connectivity index (χ1v) is 14.0. The smallest absolute Gasteiger partial charge is 0.322 e. The van der Waals surface area contributed by atoms with E-state index in [2.05, 4.69) is 19.2 Å². The summed E-state index contributed by atoms with van der Waals surface area (Å²) >= 11 is 1.65. The van der Waals surface area contributed by atoms with Crippen molar-refractivity contribution in [2.45, 2.75) is 38.1 Å². The zero-order valence-electron chi connectivity index (χ0n) is 22.5. The van der Waals surface area contributed by atoms with Crippen molar-refractivity contribution in [1.29, 1.82) is 0 Å². The van der Waals surface area contributed by atoms with Crippen LogP contribution in [0.5, 0.6) is 5.75 Å². The number of fused-ring (bicyclic) bond motifs is 1. The number of ether oxygens (including phenoxy) is 1. The van der Waals surface area contributed by atoms with E-state index >= 15 is 0 Å². The Labute approximate surface area is 227 Å². The minimum absolute atomic E-state index is 0.195. The largest absolute Gasteiger partial charge is 0.495 e. The third-order valence-corrected chi connectivity index (χ3v) is 7.10. The number of nitrogens with one attached hydrogen (secondary N) is 1. The van der Waals surface area contributed by atoms with Crippen molar-refractivity contribution in [3.05, 3.63) is 89.0 Å². The number of anilines is 1. The average Bonchev–Trinajstić information content (AvgIpc) is 2.93. The van der Waals surface area contributed by atoms with Gasteiger partial charge >= 0.3 is 6.03 Å². The molecule has 4 rings (SSSR count). The maximum Gasteiger partial charge on any atom is 0.322 e. The Morgan fingerprint density at radius 1 is 1.05 bits per heavy atom. The van der Waals surface area contributed by atoms with Crippen LogP contribution in [0, 0.1) is 5.92 Å². The quantitative estimate of drug-likeness (QED) is 0.242. The topological polar surface area (TPSA) is 76.5 Å². The van der Waals surface area contributed by atoms with E-state index < -0.39 is 6.04 Å². The molecule has 1 aromatic heterocycles. The number of para-hydroxylation sites is 3. The maximum absolute atomic E-state index is 14.0. The van der Waals surface area contributed by atoms with Crippen molar-refractivity contribution >= 4 is 34.4 Å². The van der Waals surface area contributed by atoms with E-state index in [9.17, 15) is 9.59 Å². The molecule has 0 radical (unpaired) electrons. The summed E-state index contributed by atoms with van der Waals surface area (Å²) in [7, 11) is 1.58. The zero-order valence-corrected chi connectivity index (χ0v) is 23.3. The third kappa shape index (κ3) is 5.70. The Bertz CT molecular complexity index is 1470. The number of nitrogens with zero attached hydrogens (tertiary/aromatic N) is 3. The van der Waals surface area contributed by atoms with E-state index in [0.717, 1.165) is 4.90 Å². The molecular formula is C30H34N4O3S. The van der Waals surface area contributed by atoms with Gasteiger partial charge in [0.2, 0.25) is 0 Å². The first-order valence-electron chi connectivity index (χ1n) is 12.7. The lowest BCUT2D eigenvalue weighted by atomic mass is 10.1. The minimum Gasteiger partial charge on any atom is -0.495 e. The molecule has 0 spiro atoms. The summed E-state index contributed by atoms with van der Waals surface area (Å²) in [6, 6.07) is 21.7. The van der Waals surface area contributed by atoms with Gasteiger partial charge in [0, 0.05) is 17.1 Å². The number of carbonyl (C=O) groups is 1. The fraction of sp³-hybridized carbons (Fsp3) is 0.300. The second-order valence-corrected chi connectivity index (χ2v) is 10.3. The lowest BCUT2D eigenvalue weighted by Crippen LogP contribution is -2.42. The summed E-state index contributed by atoms with van der Waals surface area (Å²) in [6.07, 6.45) is 2.58. The molecule has 1 unspecified atom stereocenters. The first kappa shape index (κ1) is 27.3. The predicted octanol–water partition coefficient (Wildman–Crippen LogP) is 6.76. The Kier molecular flexibility index (Phi) is 8.73. The van der Waals surface area contributed by atoms with Crippen molar-refractivity contribution in [1.82, 2.24) is 14.5 Å². The molecule has 0 bridgehead atoms. The Morgan fingerprint density at radius 3 is 2.39 bits per heavy atom. The van der Waals surface area contributed by atoms with E-state index in [1.807, 2.05) is 79.9 Å². The van der Waals surface area contributed by atoms with Crippen LogP contribution in [0.2, 0.25) is 0 Å². The Morgan fingerprint density at radius 2 is 1.74 bits per heavy atom. The van der Waals surface area contributed by atoms with E-state index in [1.54, 1.807) is 34.4 Å². The van der Waals surface area contributed by atoms with Gasteiger partial charge in [-0.25, -0.2) is 9.78 Å². The lowest BCUT2D eigenvalue weighted by Gasteiger charge is -2.33. The van der Waals surface area contributed by atoms with Gasteiger partial charge in [-0.15, -0.1) is 11.8 Å². The van der Waals surface area contributed by atoms with Crippen molar-refractivity contribution in [3.8, 4) is 11.4 Å². The van der Waals surface area contributed by atoms with Gasteiger partial charge in [-0.2, -0.15) is 0 Å². The van der Waals surface area contributed by atoms with Crippen LogP contribution < -0.4 is 15.6 Å². The Hall–Kier alpha value is -3.78. The highest BCUT2D eigenvalue weighted by atomic mass is 32.2. The molecule has 0 saturated carbocycles. The zero-order chi connectivity index (χ0) is 27.2. The summed E-state index contributed by atoms with van der Waals surface area (Å²) in [5.41, 5.74) is 1.69. The van der Waals surface area contributed by atoms with Crippen molar-refractivity contribution in [2.24, 2.45) is 5.92 Å². The van der Waals surface area contributed by atoms with E-state index in [4.69, 9.17) is 9.72 Å². The second kappa shape index (κ2) is 12.2. The van der Waals surface area contributed by atoms with E-state index in [0.29, 0.717) is 46.8 Å². The van der Waals surface area contributed by atoms with E-state index in [-0.39, 0.29) is 17.5 Å². The van der Waals surface area contributed by atoms with Crippen LogP contribution in [0.15, 0.2) is 82.5 Å². The number of urea groups is 1. The molecule has 198 valence electrons. The van der Waals surface area contributed by atoms with Crippen LogP contribution in [0.4, 0.5) is 10.5 Å². The normalized spacial score (nSPS) is 11.9. The van der Waals surface area contributed by atoms with Crippen molar-refractivity contribution in [2.75, 3.05) is 25.2 Å². The standard InChI is InChI=1S/C30H34N4O3S/c1-6-25(33(19-20(2)3)30(36)31-21-15-17-22(38-5)18-16-21)28-32-24-12-8-7-11-23(24)29(35)34(28)26-13-9-10-14-27(26)37-4/h7-18,20,25H,6,19H2,1-5H3,(H,31,36). The van der Waals surface area contributed by atoms with Crippen molar-refractivity contribution < 1.29 is 9.53 Å². The number of carbonyl (C=O) groups excluding carboxylic acids is 1. The Balaban J connectivity index is 1.88. The van der Waals surface area contributed by atoms with Crippen LogP contribution in [0.3, 0.4) is 0 Å². The molecule has 38 heavy (non-hydrogen) atoms. The van der Waals surface area contributed by atoms with Crippen LogP contribution in [0.1, 0.15) is 39.1 Å². The molecule has 7 nitrogen and oxygen atoms in total. The molecule has 1 heterocycles. The number of aromatic nitrogens is 2. The summed E-state index contributed by atoms with van der Waals surface area (Å²) < 4.78 is 7.22. The first-order chi connectivity index (χ1) is 18.4. The second-order valence-electron chi connectivity index (χ2n) is 9.43. The predicted molar refractivity (Wildman–Crippen MR) is 156 cm³/mol. The highest BCUT2D eigenvalue weighted by Crippen LogP contribution is 2.30. The van der Waals surface area contributed by atoms with Gasteiger partial charge < -0.3 is 15.0 Å². The van der Waals surface area contributed by atoms with Crippen LogP contribution >= 0.6 is 11.8 Å². The number of hydrogen-bond donors (Lipinski definition) is 1. The van der Waals surface area contributed by atoms with Gasteiger partial charge in [0.1, 0.15) is 11.6 Å². The molecule has 2 amide bonds. The summed E-state index contributed by atoms with van der Waals surface area (Å²) in [4.78, 5) is 35.6. The molecule has 0 fully saturated rings. The van der Waals surface area contributed by atoms with Crippen LogP contribution in [-0.2, 0) is 0 Å². The van der Waals surface area contributed by atoms with Gasteiger partial charge in [-0.3, -0.25) is 9.36 Å². The monoisotopic (exact) mass is 530 g/mol. The summed E-state index contributed by atoms with van der Waals surface area (Å²) in [6.45, 7) is 6.64. The molecule has 1 atom stereocenters. The molecule has 0 aliphatic heterocycles. The van der Waals surface area contributed by atoms with Crippen LogP contribution in [-0.4, -0.2) is 40.4 Å². The van der Waals surface area contributed by atoms with Gasteiger partial charge in [-0.05, 0) is 67.1 Å². The van der Waals surface area contributed by atoms with Crippen molar-refractivity contribution in [3.63, 3.8) is 0 Å². The number of thioether (sulfide) groups is 1. The SMILES string of the molecule is CCC(c1nc2ccccc2c(=O)n1-c1ccccc1OC)N(CC(C)C)C(=O)Nc1ccc(SC)cc1. The summed E-state index contributed by atoms with van der Waals surface area (Å²) in [5, 5.41) is 3.56. The highest BCUT2D eigenvalue weighted by molar-refractivity contribution is 7.98. The maximum atomic E-state index is 14.0. The number of rotatable bonds is 9. The molecular weight excluding hydrogens is 496 g/mol. The number of benzene rings is 3. The molecule has 8 heteroatoms. The fourth-order valence-corrected chi connectivity index (χ4v) is 4.99. The molecule has 0 saturated heterocycles. The van der Waals surface area contributed by atoms with Gasteiger partial charge in [-0.1, -0.05) is 45.0 Å². The molecule has 1 N–H and O–H groups in total. The molecule has 0 aliphatic rings. The molecule has 0 aliphatic carbocycles. The van der Waals surface area contributed by atoms with E-state index in [1.165, 1.54) is 0 Å². The van der Waals surface area contributed by atoms with Gasteiger partial charge in [0.15, 0.2) is 0 Å². The average molecular weight is 531 g/mol. The highest BCUT2D eigenvalue weighted by Gasteiger charge is 2.30. The number of methoxy groups -OCH3 is 1. The molecule has 3 aromatic carbocycles. The number of hydrogen-bond acceptors (Lipinski definition) is 5. The molecule has 4 aromatic rings. The van der Waals surface area contributed by atoms with Gasteiger partial charge in [0.05, 0.1) is 29.7 Å². The summed E-state index contributed by atoms with van der Waals surface area (Å²) in [5.74, 6) is 1.24. The lowest BCUT2D eigenvalue weighted by molar-refractivity contribution is 0.171. The fourth-order valence-electron chi connectivity index (χ4n) is 4.58. The van der Waals surface area contributed by atoms with Gasteiger partial charge in [0.25, 0.3) is 5.56 Å². The van der Waals surface area contributed by atoms with Crippen LogP contribution in [0.25, 0.3) is 16.6 Å². The number of amides is 2. The minimum atomic E-state index is -0.468. The third-order valence-electron chi connectivity index (χ3n) is 6.35.